The maximum atomic E-state index is 12.4. The van der Waals surface area contributed by atoms with E-state index in [4.69, 9.17) is 9.47 Å². The number of carbonyl (C=O) groups is 2. The van der Waals surface area contributed by atoms with Crippen molar-refractivity contribution in [1.82, 2.24) is 9.62 Å². The molecule has 1 aliphatic rings. The Balaban J connectivity index is 1.38. The van der Waals surface area contributed by atoms with Crippen molar-refractivity contribution >= 4 is 33.7 Å². The zero-order chi connectivity index (χ0) is 24.6. The van der Waals surface area contributed by atoms with Gasteiger partial charge in [0.25, 0.3) is 5.91 Å². The van der Waals surface area contributed by atoms with Crippen LogP contribution in [0.2, 0.25) is 0 Å². The van der Waals surface area contributed by atoms with E-state index in [1.54, 1.807) is 24.1 Å². The van der Waals surface area contributed by atoms with Crippen molar-refractivity contribution in [3.8, 4) is 5.75 Å². The van der Waals surface area contributed by atoms with Gasteiger partial charge in [0.15, 0.2) is 6.61 Å². The summed E-state index contributed by atoms with van der Waals surface area (Å²) in [6.07, 6.45) is 1.43. The van der Waals surface area contributed by atoms with Gasteiger partial charge in [-0.05, 0) is 42.8 Å². The van der Waals surface area contributed by atoms with E-state index in [2.05, 4.69) is 9.62 Å². The zero-order valence-corrected chi connectivity index (χ0v) is 20.1. The third-order valence-corrected chi connectivity index (χ3v) is 6.40. The van der Waals surface area contributed by atoms with E-state index in [1.807, 2.05) is 43.3 Å². The van der Waals surface area contributed by atoms with E-state index in [9.17, 15) is 18.0 Å². The molecule has 1 heterocycles. The van der Waals surface area contributed by atoms with Crippen molar-refractivity contribution in [2.75, 3.05) is 51.3 Å². The average Bonchev–Trinajstić information content (AvgIpc) is 2.86. The number of nitrogens with zero attached hydrogens (tertiary/aromatic N) is 2. The number of methoxy groups -OCH3 is 1. The van der Waals surface area contributed by atoms with Crippen LogP contribution >= 0.6 is 0 Å². The summed E-state index contributed by atoms with van der Waals surface area (Å²) >= 11 is 0. The monoisotopic (exact) mass is 487 g/mol. The Morgan fingerprint density at radius 1 is 1.00 bits per heavy atom. The summed E-state index contributed by atoms with van der Waals surface area (Å²) in [5.74, 6) is -0.355. The number of amides is 1. The fourth-order valence-corrected chi connectivity index (χ4v) is 4.10. The second-order valence-corrected chi connectivity index (χ2v) is 9.46. The zero-order valence-electron chi connectivity index (χ0n) is 19.3. The summed E-state index contributed by atoms with van der Waals surface area (Å²) in [5.41, 5.74) is 2.83. The molecular weight excluding hydrogens is 458 g/mol. The summed E-state index contributed by atoms with van der Waals surface area (Å²) in [4.78, 5) is 28.1. The molecule has 3 rings (SSSR count). The van der Waals surface area contributed by atoms with Gasteiger partial charge in [0, 0.05) is 37.3 Å². The van der Waals surface area contributed by atoms with Gasteiger partial charge in [-0.1, -0.05) is 29.8 Å². The Hall–Kier alpha value is -3.37. The number of hydrogen-bond donors (Lipinski definition) is 1. The third-order valence-electron chi connectivity index (χ3n) is 5.36. The Kier molecular flexibility index (Phi) is 8.67. The maximum absolute atomic E-state index is 12.4. The number of hydrogen-bond acceptors (Lipinski definition) is 7. The van der Waals surface area contributed by atoms with Crippen LogP contribution in [0.5, 0.6) is 5.75 Å². The summed E-state index contributed by atoms with van der Waals surface area (Å²) in [6, 6.07) is 15.0. The second kappa shape index (κ2) is 11.7. The molecule has 10 heteroatoms. The van der Waals surface area contributed by atoms with Crippen LogP contribution in [-0.4, -0.2) is 71.6 Å². The first kappa shape index (κ1) is 25.3. The van der Waals surface area contributed by atoms with Crippen molar-refractivity contribution in [2.24, 2.45) is 0 Å². The lowest BCUT2D eigenvalue weighted by Crippen LogP contribution is -2.50. The van der Waals surface area contributed by atoms with Crippen molar-refractivity contribution in [1.29, 1.82) is 0 Å². The normalized spacial score (nSPS) is 14.3. The summed E-state index contributed by atoms with van der Waals surface area (Å²) in [6.45, 7) is 3.25. The molecule has 1 N–H and O–H groups in total. The van der Waals surface area contributed by atoms with Crippen LogP contribution < -0.4 is 14.4 Å². The molecule has 0 saturated carbocycles. The van der Waals surface area contributed by atoms with Crippen LogP contribution in [0.1, 0.15) is 11.1 Å². The topological polar surface area (TPSA) is 105 Å². The van der Waals surface area contributed by atoms with Gasteiger partial charge in [0.1, 0.15) is 12.3 Å². The quantitative estimate of drug-likeness (QED) is 0.538. The first-order valence-electron chi connectivity index (χ1n) is 10.8. The number of ether oxygens (including phenoxy) is 2. The molecular formula is C24H29N3O6S. The molecule has 1 aliphatic heterocycles. The molecule has 9 nitrogen and oxygen atoms in total. The van der Waals surface area contributed by atoms with E-state index < -0.39 is 29.1 Å². The van der Waals surface area contributed by atoms with Gasteiger partial charge in [-0.3, -0.25) is 9.59 Å². The van der Waals surface area contributed by atoms with E-state index >= 15 is 0 Å². The highest BCUT2D eigenvalue weighted by molar-refractivity contribution is 7.92. The van der Waals surface area contributed by atoms with Crippen LogP contribution in [0.4, 0.5) is 5.69 Å². The molecule has 0 spiro atoms. The number of nitrogens with one attached hydrogen (secondary N) is 1. The van der Waals surface area contributed by atoms with Crippen LogP contribution in [0, 0.1) is 6.92 Å². The van der Waals surface area contributed by atoms with Gasteiger partial charge < -0.3 is 19.3 Å². The number of anilines is 1. The summed E-state index contributed by atoms with van der Waals surface area (Å²) < 4.78 is 36.4. The molecule has 2 aromatic carbocycles. The molecule has 0 aromatic heterocycles. The smallest absolute Gasteiger partial charge is 0.321 e. The van der Waals surface area contributed by atoms with Crippen molar-refractivity contribution < 1.29 is 27.5 Å². The van der Waals surface area contributed by atoms with Crippen molar-refractivity contribution in [2.45, 2.75) is 6.92 Å². The molecule has 0 radical (unpaired) electrons. The number of carbonyl (C=O) groups excluding carboxylic acids is 2. The predicted molar refractivity (Wildman–Crippen MR) is 130 cm³/mol. The van der Waals surface area contributed by atoms with Gasteiger partial charge in [0.05, 0.1) is 7.11 Å². The Morgan fingerprint density at radius 2 is 1.65 bits per heavy atom. The summed E-state index contributed by atoms with van der Waals surface area (Å²) in [7, 11) is -2.21. The lowest BCUT2D eigenvalue weighted by molar-refractivity contribution is -0.151. The van der Waals surface area contributed by atoms with Crippen LogP contribution in [0.25, 0.3) is 6.08 Å². The molecule has 2 aromatic rings. The number of piperazine rings is 1. The first-order valence-corrected chi connectivity index (χ1v) is 12.4. The van der Waals surface area contributed by atoms with Gasteiger partial charge in [-0.15, -0.1) is 0 Å². The minimum atomic E-state index is -3.82. The van der Waals surface area contributed by atoms with Gasteiger partial charge in [-0.25, -0.2) is 13.1 Å². The molecule has 0 unspecified atom stereocenters. The van der Waals surface area contributed by atoms with Gasteiger partial charge >= 0.3 is 5.97 Å². The van der Waals surface area contributed by atoms with Crippen LogP contribution in [0.3, 0.4) is 0 Å². The Morgan fingerprint density at radius 3 is 2.26 bits per heavy atom. The molecule has 0 aliphatic carbocycles. The standard InChI is InChI=1S/C24H29N3O6S/c1-19-3-5-20(6-4-19)11-16-34(30,31)25-17-24(29)33-18-23(28)27-14-12-26(13-15-27)21-7-9-22(32-2)10-8-21/h3-11,16,25H,12-15,17-18H2,1-2H3. The highest BCUT2D eigenvalue weighted by Gasteiger charge is 2.22. The minimum absolute atomic E-state index is 0.315. The molecule has 1 saturated heterocycles. The van der Waals surface area contributed by atoms with Gasteiger partial charge in [-0.2, -0.15) is 0 Å². The number of esters is 1. The fourth-order valence-electron chi connectivity index (χ4n) is 3.34. The second-order valence-electron chi connectivity index (χ2n) is 7.81. The predicted octanol–water partition coefficient (Wildman–Crippen LogP) is 1.79. The number of rotatable bonds is 9. The maximum Gasteiger partial charge on any atom is 0.321 e. The highest BCUT2D eigenvalue weighted by Crippen LogP contribution is 2.20. The number of benzene rings is 2. The van der Waals surface area contributed by atoms with E-state index in [1.165, 1.54) is 6.08 Å². The molecule has 0 bridgehead atoms. The highest BCUT2D eigenvalue weighted by atomic mass is 32.2. The van der Waals surface area contributed by atoms with E-state index in [0.29, 0.717) is 26.2 Å². The molecule has 1 amide bonds. The molecule has 182 valence electrons. The van der Waals surface area contributed by atoms with Crippen molar-refractivity contribution in [3.05, 3.63) is 65.1 Å². The molecule has 0 atom stereocenters. The number of sulfonamides is 1. The average molecular weight is 488 g/mol. The third kappa shape index (κ3) is 7.60. The summed E-state index contributed by atoms with van der Waals surface area (Å²) in [5, 5.41) is 0.985. The fraction of sp³-hybridized carbons (Fsp3) is 0.333. The SMILES string of the molecule is COc1ccc(N2CCN(C(=O)COC(=O)CNS(=O)(=O)C=Cc3ccc(C)cc3)CC2)cc1. The molecule has 34 heavy (non-hydrogen) atoms. The Bertz CT molecular complexity index is 1110. The number of aryl methyl sites for hydroxylation is 1. The van der Waals surface area contributed by atoms with E-state index in [-0.39, 0.29) is 5.91 Å². The minimum Gasteiger partial charge on any atom is -0.497 e. The Labute approximate surface area is 200 Å². The lowest BCUT2D eigenvalue weighted by atomic mass is 10.2. The van der Waals surface area contributed by atoms with Gasteiger partial charge in [0.2, 0.25) is 10.0 Å². The van der Waals surface area contributed by atoms with Crippen LogP contribution in [-0.2, 0) is 24.3 Å². The lowest BCUT2D eigenvalue weighted by Gasteiger charge is -2.36. The first-order chi connectivity index (χ1) is 16.3. The van der Waals surface area contributed by atoms with Crippen LogP contribution in [0.15, 0.2) is 53.9 Å². The van der Waals surface area contributed by atoms with Crippen molar-refractivity contribution in [3.63, 3.8) is 0 Å². The molecule has 1 fully saturated rings. The van der Waals surface area contributed by atoms with E-state index in [0.717, 1.165) is 28.0 Å². The largest absolute Gasteiger partial charge is 0.497 e.